The summed E-state index contributed by atoms with van der Waals surface area (Å²) in [6.45, 7) is 0.932. The van der Waals surface area contributed by atoms with Crippen LogP contribution in [0.3, 0.4) is 0 Å². The lowest BCUT2D eigenvalue weighted by Crippen LogP contribution is -2.38. The third kappa shape index (κ3) is 1.11. The quantitative estimate of drug-likeness (QED) is 0.639. The lowest BCUT2D eigenvalue weighted by Gasteiger charge is -2.28. The van der Waals surface area contributed by atoms with Gasteiger partial charge in [-0.15, -0.1) is 0 Å². The number of rotatable bonds is 0. The minimum absolute atomic E-state index is 0.126. The van der Waals surface area contributed by atoms with Crippen LogP contribution in [0.15, 0.2) is 30.3 Å². The topological polar surface area (TPSA) is 35.5 Å². The van der Waals surface area contributed by atoms with E-state index in [1.54, 1.807) is 6.08 Å². The fourth-order valence-electron chi connectivity index (χ4n) is 2.06. The molecule has 3 nitrogen and oxygen atoms in total. The number of benzene rings is 1. The van der Waals surface area contributed by atoms with Crippen molar-refractivity contribution in [2.75, 3.05) is 13.2 Å². The molecule has 1 aliphatic heterocycles. The second kappa shape index (κ2) is 3.02. The Hall–Kier alpha value is -1.45. The van der Waals surface area contributed by atoms with Gasteiger partial charge in [-0.3, -0.25) is 4.79 Å². The van der Waals surface area contributed by atoms with E-state index in [1.165, 1.54) is 6.08 Å². The van der Waals surface area contributed by atoms with Gasteiger partial charge in [-0.05, 0) is 11.6 Å². The van der Waals surface area contributed by atoms with Crippen molar-refractivity contribution in [3.63, 3.8) is 0 Å². The number of carbonyl (C=O) groups excluding carboxylic acids is 1. The third-order valence-corrected chi connectivity index (χ3v) is 2.75. The number of carbonyl (C=O) groups is 1. The van der Waals surface area contributed by atoms with Gasteiger partial charge in [0.2, 0.25) is 5.78 Å². The van der Waals surface area contributed by atoms with Crippen LogP contribution in [-0.2, 0) is 20.1 Å². The van der Waals surface area contributed by atoms with Gasteiger partial charge in [0.05, 0.1) is 13.2 Å². The molecule has 0 atom stereocenters. The van der Waals surface area contributed by atoms with Crippen molar-refractivity contribution >= 4 is 11.9 Å². The number of fused-ring (bicyclic) bond motifs is 2. The summed E-state index contributed by atoms with van der Waals surface area (Å²) in [5.41, 5.74) is 1.80. The van der Waals surface area contributed by atoms with Crippen LogP contribution in [0.2, 0.25) is 0 Å². The number of ether oxygens (including phenoxy) is 2. The average molecular weight is 202 g/mol. The smallest absolute Gasteiger partial charge is 0.261 e. The molecule has 0 N–H and O–H groups in total. The highest BCUT2D eigenvalue weighted by atomic mass is 16.7. The molecule has 1 fully saturated rings. The lowest BCUT2D eigenvalue weighted by molar-refractivity contribution is -0.180. The Morgan fingerprint density at radius 2 is 1.80 bits per heavy atom. The maximum atomic E-state index is 11.8. The van der Waals surface area contributed by atoms with Gasteiger partial charge in [0.25, 0.3) is 5.79 Å². The zero-order chi connectivity index (χ0) is 10.3. The van der Waals surface area contributed by atoms with Crippen LogP contribution in [0.4, 0.5) is 0 Å². The molecular weight excluding hydrogens is 192 g/mol. The van der Waals surface area contributed by atoms with Gasteiger partial charge in [0.1, 0.15) is 0 Å². The maximum Gasteiger partial charge on any atom is 0.261 e. The number of ketones is 1. The summed E-state index contributed by atoms with van der Waals surface area (Å²) < 4.78 is 11.0. The molecule has 0 unspecified atom stereocenters. The first-order valence-corrected chi connectivity index (χ1v) is 4.93. The molecule has 0 saturated carbocycles. The fraction of sp³-hybridized carbons (Fsp3) is 0.250. The van der Waals surface area contributed by atoms with Gasteiger partial charge >= 0.3 is 0 Å². The van der Waals surface area contributed by atoms with Crippen molar-refractivity contribution < 1.29 is 14.3 Å². The fourth-order valence-corrected chi connectivity index (χ4v) is 2.06. The summed E-state index contributed by atoms with van der Waals surface area (Å²) in [4.78, 5) is 11.8. The van der Waals surface area contributed by atoms with Gasteiger partial charge in [0, 0.05) is 5.56 Å². The molecule has 1 heterocycles. The molecule has 2 aliphatic rings. The summed E-state index contributed by atoms with van der Waals surface area (Å²) in [7, 11) is 0. The molecule has 1 saturated heterocycles. The molecular formula is C12H10O3. The Morgan fingerprint density at radius 3 is 2.60 bits per heavy atom. The van der Waals surface area contributed by atoms with Crippen molar-refractivity contribution in [3.8, 4) is 0 Å². The molecule has 0 bridgehead atoms. The van der Waals surface area contributed by atoms with Crippen LogP contribution in [0.1, 0.15) is 11.1 Å². The molecule has 76 valence electrons. The Bertz CT molecular complexity index is 442. The summed E-state index contributed by atoms with van der Waals surface area (Å²) in [5.74, 6) is -1.29. The SMILES string of the molecule is O=C1C=Cc2ccccc2C12OCCO2. The van der Waals surface area contributed by atoms with Crippen LogP contribution in [-0.4, -0.2) is 19.0 Å². The van der Waals surface area contributed by atoms with Crippen molar-refractivity contribution in [2.45, 2.75) is 5.79 Å². The van der Waals surface area contributed by atoms with E-state index < -0.39 is 5.79 Å². The van der Waals surface area contributed by atoms with Crippen molar-refractivity contribution in [1.82, 2.24) is 0 Å². The van der Waals surface area contributed by atoms with E-state index in [1.807, 2.05) is 24.3 Å². The largest absolute Gasteiger partial charge is 0.337 e. The zero-order valence-electron chi connectivity index (χ0n) is 8.10. The molecule has 1 spiro atoms. The molecule has 1 aromatic carbocycles. The van der Waals surface area contributed by atoms with E-state index in [0.29, 0.717) is 13.2 Å². The average Bonchev–Trinajstić information content (AvgIpc) is 2.75. The van der Waals surface area contributed by atoms with Crippen LogP contribution in [0, 0.1) is 0 Å². The van der Waals surface area contributed by atoms with Gasteiger partial charge in [-0.25, -0.2) is 0 Å². The normalized spacial score (nSPS) is 22.0. The Morgan fingerprint density at radius 1 is 1.07 bits per heavy atom. The van der Waals surface area contributed by atoms with E-state index in [2.05, 4.69) is 0 Å². The van der Waals surface area contributed by atoms with Crippen molar-refractivity contribution in [3.05, 3.63) is 41.5 Å². The van der Waals surface area contributed by atoms with E-state index in [-0.39, 0.29) is 5.78 Å². The minimum atomic E-state index is -1.16. The van der Waals surface area contributed by atoms with Crippen LogP contribution in [0.25, 0.3) is 6.08 Å². The van der Waals surface area contributed by atoms with E-state index in [0.717, 1.165) is 11.1 Å². The Kier molecular flexibility index (Phi) is 1.78. The standard InChI is InChI=1S/C12H10O3/c13-11-6-5-9-3-1-2-4-10(9)12(11)14-7-8-15-12/h1-6H,7-8H2. The highest BCUT2D eigenvalue weighted by Gasteiger charge is 2.47. The lowest BCUT2D eigenvalue weighted by atomic mass is 9.91. The molecule has 1 aliphatic carbocycles. The molecule has 0 amide bonds. The summed E-state index contributed by atoms with van der Waals surface area (Å²) in [5, 5.41) is 0. The molecule has 3 rings (SSSR count). The van der Waals surface area contributed by atoms with Crippen LogP contribution >= 0.6 is 0 Å². The summed E-state index contributed by atoms with van der Waals surface area (Å²) in [6, 6.07) is 7.65. The number of hydrogen-bond acceptors (Lipinski definition) is 3. The molecule has 3 heteroatoms. The van der Waals surface area contributed by atoms with Gasteiger partial charge < -0.3 is 9.47 Å². The Balaban J connectivity index is 2.22. The number of hydrogen-bond donors (Lipinski definition) is 0. The Labute approximate surface area is 87.3 Å². The zero-order valence-corrected chi connectivity index (χ0v) is 8.10. The molecule has 15 heavy (non-hydrogen) atoms. The predicted molar refractivity (Wildman–Crippen MR) is 54.1 cm³/mol. The van der Waals surface area contributed by atoms with Crippen molar-refractivity contribution in [2.24, 2.45) is 0 Å². The monoisotopic (exact) mass is 202 g/mol. The molecule has 0 radical (unpaired) electrons. The highest BCUT2D eigenvalue weighted by molar-refractivity contribution is 6.03. The summed E-state index contributed by atoms with van der Waals surface area (Å²) >= 11 is 0. The maximum absolute atomic E-state index is 11.8. The van der Waals surface area contributed by atoms with Crippen LogP contribution in [0.5, 0.6) is 0 Å². The molecule has 0 aromatic heterocycles. The first-order valence-electron chi connectivity index (χ1n) is 4.93. The van der Waals surface area contributed by atoms with E-state index >= 15 is 0 Å². The van der Waals surface area contributed by atoms with E-state index in [9.17, 15) is 4.79 Å². The summed E-state index contributed by atoms with van der Waals surface area (Å²) in [6.07, 6.45) is 3.32. The minimum Gasteiger partial charge on any atom is -0.337 e. The first kappa shape index (κ1) is 8.83. The first-order chi connectivity index (χ1) is 7.33. The van der Waals surface area contributed by atoms with Gasteiger partial charge in [-0.2, -0.15) is 0 Å². The van der Waals surface area contributed by atoms with Gasteiger partial charge in [0.15, 0.2) is 0 Å². The van der Waals surface area contributed by atoms with Gasteiger partial charge in [-0.1, -0.05) is 30.3 Å². The highest BCUT2D eigenvalue weighted by Crippen LogP contribution is 2.38. The third-order valence-electron chi connectivity index (χ3n) is 2.75. The van der Waals surface area contributed by atoms with Crippen molar-refractivity contribution in [1.29, 1.82) is 0 Å². The van der Waals surface area contributed by atoms with E-state index in [4.69, 9.17) is 9.47 Å². The second-order valence-corrected chi connectivity index (χ2v) is 3.60. The molecule has 1 aromatic rings. The van der Waals surface area contributed by atoms with Crippen LogP contribution < -0.4 is 0 Å². The second-order valence-electron chi connectivity index (χ2n) is 3.60. The predicted octanol–water partition coefficient (Wildman–Crippen LogP) is 1.48.